The van der Waals surface area contributed by atoms with Gasteiger partial charge in [0, 0.05) is 0 Å². The lowest BCUT2D eigenvalue weighted by Crippen LogP contribution is -2.32. The Hall–Kier alpha value is -3.82. The molecule has 1 aromatic heterocycles. The van der Waals surface area contributed by atoms with E-state index in [4.69, 9.17) is 0 Å². The number of aromatic carboxylic acids is 1. The summed E-state index contributed by atoms with van der Waals surface area (Å²) in [5, 5.41) is 12.6. The van der Waals surface area contributed by atoms with Crippen LogP contribution in [0.25, 0.3) is 16.6 Å². The Labute approximate surface area is 215 Å². The Morgan fingerprint density at radius 1 is 1.00 bits per heavy atom. The van der Waals surface area contributed by atoms with Crippen LogP contribution in [0.2, 0.25) is 0 Å². The van der Waals surface area contributed by atoms with Gasteiger partial charge in [-0.05, 0) is 66.4 Å². The summed E-state index contributed by atoms with van der Waals surface area (Å²) < 4.78 is 27.5. The number of rotatable bonds is 7. The lowest BCUT2D eigenvalue weighted by atomic mass is 9.87. The Morgan fingerprint density at radius 2 is 1.62 bits per heavy atom. The van der Waals surface area contributed by atoms with Gasteiger partial charge in [-0.1, -0.05) is 45.0 Å². The molecule has 9 heteroatoms. The molecule has 192 valence electrons. The van der Waals surface area contributed by atoms with E-state index in [0.717, 1.165) is 5.56 Å². The van der Waals surface area contributed by atoms with Gasteiger partial charge in [0.25, 0.3) is 5.56 Å². The summed E-state index contributed by atoms with van der Waals surface area (Å²) >= 11 is 0. The quantitative estimate of drug-likeness (QED) is 0.370. The highest BCUT2D eigenvalue weighted by Gasteiger charge is 2.22. The van der Waals surface area contributed by atoms with Crippen molar-refractivity contribution >= 4 is 26.7 Å². The van der Waals surface area contributed by atoms with Crippen LogP contribution in [0.5, 0.6) is 0 Å². The predicted octanol–water partition coefficient (Wildman–Crippen LogP) is 4.46. The van der Waals surface area contributed by atoms with Gasteiger partial charge < -0.3 is 5.11 Å². The van der Waals surface area contributed by atoms with Crippen LogP contribution in [-0.2, 0) is 15.3 Å². The van der Waals surface area contributed by atoms with Gasteiger partial charge in [-0.25, -0.2) is 18.2 Å². The van der Waals surface area contributed by atoms with Crippen molar-refractivity contribution in [2.45, 2.75) is 44.0 Å². The van der Waals surface area contributed by atoms with E-state index in [2.05, 4.69) is 31.1 Å². The van der Waals surface area contributed by atoms with Gasteiger partial charge in [0.05, 0.1) is 33.1 Å². The summed E-state index contributed by atoms with van der Waals surface area (Å²) in [6.45, 7) is 7.91. The van der Waals surface area contributed by atoms with Crippen molar-refractivity contribution in [3.63, 3.8) is 0 Å². The number of carboxylic acid groups (broad SMARTS) is 1. The molecule has 0 radical (unpaired) electrons. The average Bonchev–Trinajstić information content (AvgIpc) is 2.87. The zero-order chi connectivity index (χ0) is 27.0. The number of carbonyl (C=O) groups is 1. The summed E-state index contributed by atoms with van der Waals surface area (Å²) in [6, 6.07) is 19.0. The van der Waals surface area contributed by atoms with Crippen molar-refractivity contribution in [1.82, 2.24) is 14.9 Å². The highest BCUT2D eigenvalue weighted by molar-refractivity contribution is 7.91. The predicted molar refractivity (Wildman–Crippen MR) is 143 cm³/mol. The number of hydrogen-bond donors (Lipinski definition) is 2. The smallest absolute Gasteiger partial charge is 0.335 e. The normalized spacial score (nSPS) is 13.0. The Bertz CT molecular complexity index is 1620. The molecule has 8 nitrogen and oxygen atoms in total. The number of nitrogens with one attached hydrogen (secondary N) is 1. The molecule has 0 amide bonds. The molecule has 4 rings (SSSR count). The molecule has 3 aromatic carbocycles. The SMILES string of the molecule is CC(NCS(=O)(=O)c1ccc(C(C)(C)C)cc1)c1nc2ccccc2c(=O)n1-c1ccc(C(=O)O)cc1. The number of para-hydroxylation sites is 1. The Morgan fingerprint density at radius 3 is 2.22 bits per heavy atom. The number of carboxylic acids is 1. The molecule has 37 heavy (non-hydrogen) atoms. The molecule has 0 aliphatic heterocycles. The van der Waals surface area contributed by atoms with Crippen molar-refractivity contribution in [3.05, 3.63) is 100 Å². The second-order valence-corrected chi connectivity index (χ2v) is 11.9. The van der Waals surface area contributed by atoms with Crippen LogP contribution < -0.4 is 10.9 Å². The van der Waals surface area contributed by atoms with Crippen LogP contribution in [0.3, 0.4) is 0 Å². The van der Waals surface area contributed by atoms with Gasteiger partial charge in [0.15, 0.2) is 9.84 Å². The van der Waals surface area contributed by atoms with Crippen LogP contribution in [0.1, 0.15) is 55.5 Å². The molecule has 0 fully saturated rings. The highest BCUT2D eigenvalue weighted by Crippen LogP contribution is 2.24. The van der Waals surface area contributed by atoms with Gasteiger partial charge >= 0.3 is 5.97 Å². The van der Waals surface area contributed by atoms with E-state index in [1.54, 1.807) is 43.3 Å². The maximum Gasteiger partial charge on any atom is 0.335 e. The van der Waals surface area contributed by atoms with Gasteiger partial charge in [-0.15, -0.1) is 0 Å². The fourth-order valence-corrected chi connectivity index (χ4v) is 5.20. The summed E-state index contributed by atoms with van der Waals surface area (Å²) in [7, 11) is -3.66. The van der Waals surface area contributed by atoms with Crippen molar-refractivity contribution < 1.29 is 18.3 Å². The molecular weight excluding hydrogens is 490 g/mol. The van der Waals surface area contributed by atoms with Crippen LogP contribution in [0, 0.1) is 0 Å². The molecule has 0 saturated carbocycles. The third-order valence-electron chi connectivity index (χ3n) is 6.22. The van der Waals surface area contributed by atoms with Crippen LogP contribution >= 0.6 is 0 Å². The van der Waals surface area contributed by atoms with Crippen LogP contribution in [0.4, 0.5) is 0 Å². The third kappa shape index (κ3) is 5.47. The molecule has 0 aliphatic carbocycles. The largest absolute Gasteiger partial charge is 0.478 e. The van der Waals surface area contributed by atoms with Crippen molar-refractivity contribution in [1.29, 1.82) is 0 Å². The molecule has 4 aromatic rings. The van der Waals surface area contributed by atoms with E-state index < -0.39 is 21.8 Å². The lowest BCUT2D eigenvalue weighted by Gasteiger charge is -2.21. The van der Waals surface area contributed by atoms with Gasteiger partial charge in [0.2, 0.25) is 0 Å². The Kier molecular flexibility index (Phi) is 7.03. The van der Waals surface area contributed by atoms with Gasteiger partial charge in [0.1, 0.15) is 11.7 Å². The number of benzene rings is 3. The maximum absolute atomic E-state index is 13.5. The minimum Gasteiger partial charge on any atom is -0.478 e. The molecule has 0 bridgehead atoms. The molecule has 1 heterocycles. The van der Waals surface area contributed by atoms with Crippen molar-refractivity contribution in [2.24, 2.45) is 0 Å². The highest BCUT2D eigenvalue weighted by atomic mass is 32.2. The van der Waals surface area contributed by atoms with E-state index in [0.29, 0.717) is 22.4 Å². The van der Waals surface area contributed by atoms with Crippen LogP contribution in [-0.4, -0.2) is 34.9 Å². The molecule has 0 saturated heterocycles. The Balaban J connectivity index is 1.69. The first-order valence-corrected chi connectivity index (χ1v) is 13.5. The molecule has 2 N–H and O–H groups in total. The number of sulfone groups is 1. The van der Waals surface area contributed by atoms with E-state index >= 15 is 0 Å². The monoisotopic (exact) mass is 519 g/mol. The number of hydrogen-bond acceptors (Lipinski definition) is 6. The van der Waals surface area contributed by atoms with E-state index in [1.165, 1.54) is 28.8 Å². The number of nitrogens with zero attached hydrogens (tertiary/aromatic N) is 2. The first kappa shape index (κ1) is 26.2. The summed E-state index contributed by atoms with van der Waals surface area (Å²) in [6.07, 6.45) is 0. The topological polar surface area (TPSA) is 118 Å². The third-order valence-corrected chi connectivity index (χ3v) is 7.76. The van der Waals surface area contributed by atoms with Crippen LogP contribution in [0.15, 0.2) is 82.5 Å². The molecule has 0 spiro atoms. The molecule has 0 aliphatic rings. The zero-order valence-electron chi connectivity index (χ0n) is 21.1. The fourth-order valence-electron chi connectivity index (χ4n) is 4.01. The maximum atomic E-state index is 13.5. The van der Waals surface area contributed by atoms with Gasteiger partial charge in [-0.2, -0.15) is 0 Å². The minimum atomic E-state index is -3.66. The fraction of sp³-hybridized carbons (Fsp3) is 0.250. The van der Waals surface area contributed by atoms with Gasteiger partial charge in [-0.3, -0.25) is 14.7 Å². The summed E-state index contributed by atoms with van der Waals surface area (Å²) in [5.41, 5.74) is 1.60. The standard InChI is InChI=1S/C28H29N3O5S/c1-18(29-17-37(35,36)22-15-11-20(12-16-22)28(2,3)4)25-30-24-8-6-5-7-23(24)26(32)31(25)21-13-9-19(10-14-21)27(33)34/h5-16,18,29H,17H2,1-4H3,(H,33,34). The molecular formula is C28H29N3O5S. The van der Waals surface area contributed by atoms with E-state index in [-0.39, 0.29) is 27.3 Å². The molecule has 1 unspecified atom stereocenters. The first-order valence-electron chi connectivity index (χ1n) is 11.8. The summed E-state index contributed by atoms with van der Waals surface area (Å²) in [5.74, 6) is -1.12. The zero-order valence-corrected chi connectivity index (χ0v) is 21.9. The lowest BCUT2D eigenvalue weighted by molar-refractivity contribution is 0.0697. The number of aromatic nitrogens is 2. The number of fused-ring (bicyclic) bond motifs is 1. The first-order chi connectivity index (χ1) is 17.4. The van der Waals surface area contributed by atoms with Crippen molar-refractivity contribution in [3.8, 4) is 5.69 Å². The van der Waals surface area contributed by atoms with E-state index in [1.807, 2.05) is 12.1 Å². The van der Waals surface area contributed by atoms with Crippen molar-refractivity contribution in [2.75, 3.05) is 5.88 Å². The summed E-state index contributed by atoms with van der Waals surface area (Å²) in [4.78, 5) is 29.6. The average molecular weight is 520 g/mol. The minimum absolute atomic E-state index is 0.0850. The second kappa shape index (κ2) is 9.91. The van der Waals surface area contributed by atoms with E-state index in [9.17, 15) is 23.1 Å². The second-order valence-electron chi connectivity index (χ2n) is 9.94. The molecule has 1 atom stereocenters.